The zero-order valence-corrected chi connectivity index (χ0v) is 9.01. The number of rotatable bonds is 5. The number of benzene rings is 1. The Bertz CT molecular complexity index is 279. The molecule has 0 amide bonds. The van der Waals surface area contributed by atoms with Crippen LogP contribution in [0.2, 0.25) is 0 Å². The molecule has 4 heteroatoms. The number of hydrogen-bond donors (Lipinski definition) is 1. The maximum Gasteiger partial charge on any atom is 0.436 e. The summed E-state index contributed by atoms with van der Waals surface area (Å²) in [5.41, 5.74) is 0.952. The summed E-state index contributed by atoms with van der Waals surface area (Å²) >= 11 is 0. The van der Waals surface area contributed by atoms with E-state index < -0.39 is 8.69 Å². The van der Waals surface area contributed by atoms with Crippen molar-refractivity contribution in [2.45, 2.75) is 26.2 Å². The van der Waals surface area contributed by atoms with Gasteiger partial charge in [-0.1, -0.05) is 31.5 Å². The first-order valence-electron chi connectivity index (χ1n) is 4.64. The highest BCUT2D eigenvalue weighted by molar-refractivity contribution is 7.40. The number of halogens is 1. The van der Waals surface area contributed by atoms with Gasteiger partial charge in [-0.15, -0.1) is 4.20 Å². The summed E-state index contributed by atoms with van der Waals surface area (Å²) in [6.45, 7) is 2.09. The predicted octanol–water partition coefficient (Wildman–Crippen LogP) is 3.60. The molecule has 1 rings (SSSR count). The molecule has 78 valence electrons. The van der Waals surface area contributed by atoms with E-state index in [-0.39, 0.29) is 0 Å². The van der Waals surface area contributed by atoms with Crippen LogP contribution in [0.15, 0.2) is 24.3 Å². The standard InChI is InChI=1S/C10H14FO2P/c1-2-3-6-9-7-4-5-8-10(9)13-14(11)12/h4-5,7-8,12H,2-3,6H2,1H3. The number of unbranched alkanes of at least 4 members (excludes halogenated alkanes) is 1. The molecule has 0 aliphatic rings. The van der Waals surface area contributed by atoms with Crippen LogP contribution in [0.25, 0.3) is 0 Å². The molecule has 14 heavy (non-hydrogen) atoms. The van der Waals surface area contributed by atoms with Crippen LogP contribution >= 0.6 is 8.69 Å². The largest absolute Gasteiger partial charge is 0.436 e. The highest BCUT2D eigenvalue weighted by atomic mass is 31.2. The minimum Gasteiger partial charge on any atom is -0.424 e. The number of para-hydroxylation sites is 1. The lowest BCUT2D eigenvalue weighted by Gasteiger charge is -2.09. The molecule has 0 radical (unpaired) electrons. The van der Waals surface area contributed by atoms with E-state index in [9.17, 15) is 4.20 Å². The molecule has 1 aromatic rings. The molecular weight excluding hydrogens is 202 g/mol. The van der Waals surface area contributed by atoms with Gasteiger partial charge in [0.15, 0.2) is 0 Å². The van der Waals surface area contributed by atoms with Crippen molar-refractivity contribution < 1.29 is 13.6 Å². The minimum atomic E-state index is -2.81. The van der Waals surface area contributed by atoms with Crippen molar-refractivity contribution in [3.63, 3.8) is 0 Å². The van der Waals surface area contributed by atoms with Gasteiger partial charge in [0.25, 0.3) is 0 Å². The van der Waals surface area contributed by atoms with Gasteiger partial charge in [0.1, 0.15) is 5.75 Å². The first-order valence-corrected chi connectivity index (χ1v) is 5.75. The van der Waals surface area contributed by atoms with Gasteiger partial charge in [-0.3, -0.25) is 0 Å². The lowest BCUT2D eigenvalue weighted by atomic mass is 10.1. The predicted molar refractivity (Wildman–Crippen MR) is 55.9 cm³/mol. The van der Waals surface area contributed by atoms with E-state index in [0.29, 0.717) is 5.75 Å². The molecule has 1 aromatic carbocycles. The van der Waals surface area contributed by atoms with E-state index in [1.165, 1.54) is 0 Å². The Morgan fingerprint density at radius 2 is 2.14 bits per heavy atom. The lowest BCUT2D eigenvalue weighted by Crippen LogP contribution is -1.90. The van der Waals surface area contributed by atoms with E-state index in [1.807, 2.05) is 12.1 Å². The average molecular weight is 216 g/mol. The van der Waals surface area contributed by atoms with Gasteiger partial charge in [-0.2, -0.15) is 0 Å². The maximum atomic E-state index is 12.3. The summed E-state index contributed by atoms with van der Waals surface area (Å²) in [6.07, 6.45) is 2.98. The maximum absolute atomic E-state index is 12.3. The number of hydrogen-bond acceptors (Lipinski definition) is 2. The first-order chi connectivity index (χ1) is 6.74. The molecular formula is C10H14FO2P. The van der Waals surface area contributed by atoms with E-state index in [0.717, 1.165) is 24.8 Å². The Labute approximate surface area is 84.8 Å². The van der Waals surface area contributed by atoms with Gasteiger partial charge in [0.2, 0.25) is 0 Å². The van der Waals surface area contributed by atoms with Crippen LogP contribution in [0.4, 0.5) is 4.20 Å². The second-order valence-corrected chi connectivity index (χ2v) is 3.66. The molecule has 0 bridgehead atoms. The van der Waals surface area contributed by atoms with E-state index >= 15 is 0 Å². The van der Waals surface area contributed by atoms with Crippen molar-refractivity contribution in [1.82, 2.24) is 0 Å². The fourth-order valence-electron chi connectivity index (χ4n) is 1.25. The second kappa shape index (κ2) is 5.94. The van der Waals surface area contributed by atoms with Gasteiger partial charge in [-0.25, -0.2) is 0 Å². The first kappa shape index (κ1) is 11.4. The zero-order valence-electron chi connectivity index (χ0n) is 8.11. The molecule has 0 spiro atoms. The van der Waals surface area contributed by atoms with E-state index in [2.05, 4.69) is 6.92 Å². The van der Waals surface area contributed by atoms with Crippen molar-refractivity contribution in [1.29, 1.82) is 0 Å². The van der Waals surface area contributed by atoms with Gasteiger partial charge in [0, 0.05) is 0 Å². The summed E-state index contributed by atoms with van der Waals surface area (Å²) in [4.78, 5) is 8.53. The van der Waals surface area contributed by atoms with Crippen LogP contribution in [0.5, 0.6) is 5.75 Å². The molecule has 0 fully saturated rings. The topological polar surface area (TPSA) is 29.5 Å². The molecule has 2 nitrogen and oxygen atoms in total. The fourth-order valence-corrected chi connectivity index (χ4v) is 1.59. The molecule has 0 heterocycles. The van der Waals surface area contributed by atoms with Crippen LogP contribution in [-0.2, 0) is 6.42 Å². The smallest absolute Gasteiger partial charge is 0.424 e. The average Bonchev–Trinajstić information content (AvgIpc) is 2.16. The van der Waals surface area contributed by atoms with Gasteiger partial charge in [-0.05, 0) is 24.5 Å². The Hall–Kier alpha value is -0.660. The van der Waals surface area contributed by atoms with Crippen molar-refractivity contribution in [2.75, 3.05) is 0 Å². The minimum absolute atomic E-state index is 0.456. The van der Waals surface area contributed by atoms with Gasteiger partial charge >= 0.3 is 8.69 Å². The van der Waals surface area contributed by atoms with Crippen LogP contribution in [0.1, 0.15) is 25.3 Å². The summed E-state index contributed by atoms with van der Waals surface area (Å²) in [5, 5.41) is 0. The van der Waals surface area contributed by atoms with E-state index in [1.54, 1.807) is 12.1 Å². The Kier molecular flexibility index (Phi) is 4.85. The van der Waals surface area contributed by atoms with Crippen LogP contribution in [-0.4, -0.2) is 4.89 Å². The molecule has 0 saturated heterocycles. The summed E-state index contributed by atoms with van der Waals surface area (Å²) < 4.78 is 17.0. The third kappa shape index (κ3) is 3.60. The van der Waals surface area contributed by atoms with E-state index in [4.69, 9.17) is 9.42 Å². The molecule has 0 aliphatic carbocycles. The van der Waals surface area contributed by atoms with Crippen molar-refractivity contribution in [3.05, 3.63) is 29.8 Å². The van der Waals surface area contributed by atoms with Crippen LogP contribution in [0.3, 0.4) is 0 Å². The summed E-state index contributed by atoms with van der Waals surface area (Å²) in [6, 6.07) is 7.22. The normalized spacial score (nSPS) is 12.5. The highest BCUT2D eigenvalue weighted by Gasteiger charge is 2.08. The third-order valence-corrected chi connectivity index (χ3v) is 2.29. The third-order valence-electron chi connectivity index (χ3n) is 1.95. The molecule has 1 atom stereocenters. The highest BCUT2D eigenvalue weighted by Crippen LogP contribution is 2.36. The zero-order chi connectivity index (χ0) is 10.4. The fraction of sp³-hybridized carbons (Fsp3) is 0.400. The quantitative estimate of drug-likeness (QED) is 0.762. The van der Waals surface area contributed by atoms with Crippen molar-refractivity contribution >= 4 is 8.69 Å². The van der Waals surface area contributed by atoms with Crippen LogP contribution in [0, 0.1) is 0 Å². The van der Waals surface area contributed by atoms with Gasteiger partial charge < -0.3 is 9.42 Å². The Morgan fingerprint density at radius 1 is 1.43 bits per heavy atom. The molecule has 1 N–H and O–H groups in total. The Morgan fingerprint density at radius 3 is 2.79 bits per heavy atom. The van der Waals surface area contributed by atoms with Crippen molar-refractivity contribution in [2.24, 2.45) is 0 Å². The van der Waals surface area contributed by atoms with Crippen LogP contribution < -0.4 is 4.52 Å². The monoisotopic (exact) mass is 216 g/mol. The lowest BCUT2D eigenvalue weighted by molar-refractivity contribution is 0.431. The van der Waals surface area contributed by atoms with Gasteiger partial charge in [0.05, 0.1) is 0 Å². The molecule has 0 aromatic heterocycles. The second-order valence-electron chi connectivity index (χ2n) is 3.03. The SMILES string of the molecule is CCCCc1ccccc1OP(O)F. The Balaban J connectivity index is 2.69. The summed E-state index contributed by atoms with van der Waals surface area (Å²) in [5.74, 6) is 0.456. The van der Waals surface area contributed by atoms with Crippen molar-refractivity contribution in [3.8, 4) is 5.75 Å². The molecule has 0 aliphatic heterocycles. The number of aryl methyl sites for hydroxylation is 1. The summed E-state index contributed by atoms with van der Waals surface area (Å²) in [7, 11) is -2.81. The molecule has 0 saturated carbocycles. The molecule has 1 unspecified atom stereocenters.